The zero-order chi connectivity index (χ0) is 20.7. The highest BCUT2D eigenvalue weighted by Crippen LogP contribution is 2.30. The fraction of sp³-hybridized carbons (Fsp3) is 0.400. The highest BCUT2D eigenvalue weighted by atomic mass is 19.3. The number of ether oxygens (including phenoxy) is 2. The van der Waals surface area contributed by atoms with Crippen molar-refractivity contribution >= 4 is 12.0 Å². The number of hydrogen-bond donors (Lipinski definition) is 0. The Balaban J connectivity index is 2.15. The van der Waals surface area contributed by atoms with Crippen molar-refractivity contribution in [1.82, 2.24) is 14.7 Å². The van der Waals surface area contributed by atoms with Gasteiger partial charge in [-0.2, -0.15) is 13.9 Å². The fourth-order valence-corrected chi connectivity index (χ4v) is 2.62. The van der Waals surface area contributed by atoms with Crippen LogP contribution in [-0.2, 0) is 18.4 Å². The average Bonchev–Trinajstić information content (AvgIpc) is 3.04. The second kappa shape index (κ2) is 9.87. The van der Waals surface area contributed by atoms with Crippen LogP contribution in [0.2, 0.25) is 0 Å². The third-order valence-electron chi connectivity index (χ3n) is 3.92. The van der Waals surface area contributed by atoms with E-state index >= 15 is 0 Å². The monoisotopic (exact) mass is 393 g/mol. The molecule has 1 amide bonds. The van der Waals surface area contributed by atoms with Crippen LogP contribution in [-0.4, -0.2) is 39.8 Å². The van der Waals surface area contributed by atoms with Gasteiger partial charge in [0.1, 0.15) is 0 Å². The van der Waals surface area contributed by atoms with Gasteiger partial charge in [-0.1, -0.05) is 6.07 Å². The second-order valence-corrected chi connectivity index (χ2v) is 6.43. The standard InChI is InChI=1S/C20H25F2N3O3/c1-5-27-18-10-15(6-8-17(18)28-20(21)22)7-9-19(26)25(14(2)3)13-16-11-23-24(4)12-16/h6-12,14,20H,5,13H2,1-4H3/b9-7-. The van der Waals surface area contributed by atoms with E-state index in [-0.39, 0.29) is 23.4 Å². The number of carbonyl (C=O) groups is 1. The van der Waals surface area contributed by atoms with E-state index in [4.69, 9.17) is 4.74 Å². The molecule has 1 aromatic carbocycles. The molecule has 8 heteroatoms. The zero-order valence-electron chi connectivity index (χ0n) is 16.4. The maximum Gasteiger partial charge on any atom is 0.387 e. The van der Waals surface area contributed by atoms with Crippen LogP contribution in [0.4, 0.5) is 8.78 Å². The summed E-state index contributed by atoms with van der Waals surface area (Å²) < 4.78 is 36.5. The van der Waals surface area contributed by atoms with Crippen LogP contribution in [0.3, 0.4) is 0 Å². The quantitative estimate of drug-likeness (QED) is 0.607. The van der Waals surface area contributed by atoms with Crippen molar-refractivity contribution in [1.29, 1.82) is 0 Å². The molecule has 0 atom stereocenters. The minimum Gasteiger partial charge on any atom is -0.490 e. The fourth-order valence-electron chi connectivity index (χ4n) is 2.62. The van der Waals surface area contributed by atoms with Gasteiger partial charge in [-0.3, -0.25) is 9.48 Å². The van der Waals surface area contributed by atoms with Gasteiger partial charge < -0.3 is 14.4 Å². The van der Waals surface area contributed by atoms with Crippen LogP contribution < -0.4 is 9.47 Å². The molecule has 6 nitrogen and oxygen atoms in total. The number of aromatic nitrogens is 2. The van der Waals surface area contributed by atoms with Gasteiger partial charge in [0.25, 0.3) is 0 Å². The molecule has 0 bridgehead atoms. The molecule has 152 valence electrons. The van der Waals surface area contributed by atoms with Crippen molar-refractivity contribution in [3.05, 3.63) is 47.8 Å². The van der Waals surface area contributed by atoms with Crippen LogP contribution in [0.15, 0.2) is 36.7 Å². The van der Waals surface area contributed by atoms with Crippen LogP contribution >= 0.6 is 0 Å². The summed E-state index contributed by atoms with van der Waals surface area (Å²) in [7, 11) is 1.82. The molecule has 0 radical (unpaired) electrons. The summed E-state index contributed by atoms with van der Waals surface area (Å²) in [5.41, 5.74) is 1.58. The normalized spacial score (nSPS) is 11.4. The predicted octanol–water partition coefficient (Wildman–Crippen LogP) is 3.87. The summed E-state index contributed by atoms with van der Waals surface area (Å²) in [6.45, 7) is 3.43. The van der Waals surface area contributed by atoms with Gasteiger partial charge in [-0.05, 0) is 44.5 Å². The van der Waals surface area contributed by atoms with Crippen LogP contribution in [0.25, 0.3) is 6.08 Å². The summed E-state index contributed by atoms with van der Waals surface area (Å²) >= 11 is 0. The Kier molecular flexibility index (Phi) is 7.54. The van der Waals surface area contributed by atoms with E-state index in [2.05, 4.69) is 9.84 Å². The molecule has 0 fully saturated rings. The first-order chi connectivity index (χ1) is 13.3. The van der Waals surface area contributed by atoms with Crippen LogP contribution in [0, 0.1) is 0 Å². The molecular formula is C20H25F2N3O3. The van der Waals surface area contributed by atoms with E-state index < -0.39 is 6.61 Å². The van der Waals surface area contributed by atoms with Gasteiger partial charge in [-0.15, -0.1) is 0 Å². The smallest absolute Gasteiger partial charge is 0.387 e. The van der Waals surface area contributed by atoms with Gasteiger partial charge in [0, 0.05) is 37.5 Å². The lowest BCUT2D eigenvalue weighted by Gasteiger charge is -2.25. The summed E-state index contributed by atoms with van der Waals surface area (Å²) in [5.74, 6) is -0.00101. The maximum absolute atomic E-state index is 12.6. The summed E-state index contributed by atoms with van der Waals surface area (Å²) in [6, 6.07) is 4.55. The molecule has 0 unspecified atom stereocenters. The number of nitrogens with zero attached hydrogens (tertiary/aromatic N) is 3. The summed E-state index contributed by atoms with van der Waals surface area (Å²) in [4.78, 5) is 14.4. The first-order valence-electron chi connectivity index (χ1n) is 8.98. The summed E-state index contributed by atoms with van der Waals surface area (Å²) in [6.07, 6.45) is 6.66. The lowest BCUT2D eigenvalue weighted by atomic mass is 10.1. The van der Waals surface area contributed by atoms with Crippen LogP contribution in [0.5, 0.6) is 11.5 Å². The van der Waals surface area contributed by atoms with E-state index in [1.54, 1.807) is 40.9 Å². The van der Waals surface area contributed by atoms with Crippen molar-refractivity contribution in [2.24, 2.45) is 7.05 Å². The van der Waals surface area contributed by atoms with Crippen LogP contribution in [0.1, 0.15) is 31.9 Å². The molecule has 1 aromatic heterocycles. The predicted molar refractivity (Wildman–Crippen MR) is 102 cm³/mol. The Morgan fingerprint density at radius 2 is 2.07 bits per heavy atom. The highest BCUT2D eigenvalue weighted by molar-refractivity contribution is 5.92. The Morgan fingerprint density at radius 1 is 1.32 bits per heavy atom. The van der Waals surface area contributed by atoms with E-state index in [1.165, 1.54) is 12.1 Å². The minimum absolute atomic E-state index is 0.00170. The van der Waals surface area contributed by atoms with Gasteiger partial charge in [-0.25, -0.2) is 0 Å². The first kappa shape index (κ1) is 21.4. The third-order valence-corrected chi connectivity index (χ3v) is 3.92. The topological polar surface area (TPSA) is 56.6 Å². The minimum atomic E-state index is -2.94. The van der Waals surface area contributed by atoms with Gasteiger partial charge in [0.2, 0.25) is 5.91 Å². The number of hydrogen-bond acceptors (Lipinski definition) is 4. The van der Waals surface area contributed by atoms with Crippen molar-refractivity contribution in [2.45, 2.75) is 40.0 Å². The number of carbonyl (C=O) groups excluding carboxylic acids is 1. The maximum atomic E-state index is 12.6. The Labute approximate surface area is 163 Å². The molecule has 0 aliphatic carbocycles. The third kappa shape index (κ3) is 6.07. The molecule has 0 aliphatic heterocycles. The van der Waals surface area contributed by atoms with E-state index in [0.717, 1.165) is 5.56 Å². The molecule has 28 heavy (non-hydrogen) atoms. The van der Waals surface area contributed by atoms with E-state index in [9.17, 15) is 13.6 Å². The second-order valence-electron chi connectivity index (χ2n) is 6.43. The number of amides is 1. The van der Waals surface area contributed by atoms with E-state index in [0.29, 0.717) is 18.7 Å². The molecular weight excluding hydrogens is 368 g/mol. The number of alkyl halides is 2. The number of aryl methyl sites for hydroxylation is 1. The molecule has 2 aromatic rings. The lowest BCUT2D eigenvalue weighted by Crippen LogP contribution is -2.35. The Bertz CT molecular complexity index is 819. The van der Waals surface area contributed by atoms with Gasteiger partial charge in [0.15, 0.2) is 11.5 Å². The SMILES string of the molecule is CCOc1cc(/C=C\C(=O)N(Cc2cnn(C)c2)C(C)C)ccc1OC(F)F. The molecule has 0 aliphatic rings. The van der Waals surface area contributed by atoms with Crippen molar-refractivity contribution in [2.75, 3.05) is 6.61 Å². The van der Waals surface area contributed by atoms with Gasteiger partial charge >= 0.3 is 6.61 Å². The van der Waals surface area contributed by atoms with Crippen molar-refractivity contribution in [3.63, 3.8) is 0 Å². The molecule has 2 rings (SSSR count). The Hall–Kier alpha value is -2.90. The van der Waals surface area contributed by atoms with Crippen molar-refractivity contribution < 1.29 is 23.0 Å². The molecule has 0 spiro atoms. The highest BCUT2D eigenvalue weighted by Gasteiger charge is 2.16. The molecule has 1 heterocycles. The Morgan fingerprint density at radius 3 is 2.64 bits per heavy atom. The van der Waals surface area contributed by atoms with Gasteiger partial charge in [0.05, 0.1) is 12.8 Å². The zero-order valence-corrected chi connectivity index (χ0v) is 16.4. The van der Waals surface area contributed by atoms with E-state index in [1.807, 2.05) is 27.1 Å². The first-order valence-corrected chi connectivity index (χ1v) is 8.98. The average molecular weight is 393 g/mol. The molecule has 0 N–H and O–H groups in total. The lowest BCUT2D eigenvalue weighted by molar-refractivity contribution is -0.128. The summed E-state index contributed by atoms with van der Waals surface area (Å²) in [5, 5.41) is 4.12. The largest absolute Gasteiger partial charge is 0.490 e. The van der Waals surface area contributed by atoms with Crippen molar-refractivity contribution in [3.8, 4) is 11.5 Å². The number of rotatable bonds is 9. The number of halogens is 2. The molecule has 0 saturated heterocycles. The number of benzene rings is 1. The molecule has 0 saturated carbocycles.